The maximum Gasteiger partial charge on any atom is 0.0871 e. The molecule has 0 aromatic carbocycles. The normalized spacial score (nSPS) is 23.0. The average molecular weight is 262 g/mol. The SMILES string of the molecule is COC1(C(N)c2ccc(C)nc2)CCC(C)(C)CC1. The molecule has 1 atom stereocenters. The van der Waals surface area contributed by atoms with Crippen LogP contribution in [0.15, 0.2) is 18.3 Å². The lowest BCUT2D eigenvalue weighted by molar-refractivity contribution is -0.0795. The first-order valence-electron chi connectivity index (χ1n) is 7.12. The Balaban J connectivity index is 2.19. The van der Waals surface area contributed by atoms with Gasteiger partial charge in [0.1, 0.15) is 0 Å². The van der Waals surface area contributed by atoms with Gasteiger partial charge in [0.15, 0.2) is 0 Å². The molecule has 0 spiro atoms. The molecule has 2 rings (SSSR count). The van der Waals surface area contributed by atoms with Crippen molar-refractivity contribution in [2.45, 2.75) is 58.1 Å². The van der Waals surface area contributed by atoms with Crippen LogP contribution in [-0.4, -0.2) is 17.7 Å². The quantitative estimate of drug-likeness (QED) is 0.908. The topological polar surface area (TPSA) is 48.1 Å². The molecular weight excluding hydrogens is 236 g/mol. The van der Waals surface area contributed by atoms with Crippen LogP contribution in [0.3, 0.4) is 0 Å². The predicted octanol–water partition coefficient (Wildman–Crippen LogP) is 3.38. The van der Waals surface area contributed by atoms with E-state index in [0.29, 0.717) is 5.41 Å². The molecule has 0 amide bonds. The first-order chi connectivity index (χ1) is 8.88. The van der Waals surface area contributed by atoms with Crippen LogP contribution in [0.2, 0.25) is 0 Å². The molecule has 1 aromatic rings. The van der Waals surface area contributed by atoms with Gasteiger partial charge >= 0.3 is 0 Å². The third-order valence-corrected chi connectivity index (χ3v) is 4.72. The molecule has 1 aliphatic rings. The summed E-state index contributed by atoms with van der Waals surface area (Å²) in [5.74, 6) is 0. The van der Waals surface area contributed by atoms with E-state index >= 15 is 0 Å². The number of ether oxygens (including phenoxy) is 1. The minimum atomic E-state index is -0.230. The number of nitrogens with zero attached hydrogens (tertiary/aromatic N) is 1. The number of rotatable bonds is 3. The summed E-state index contributed by atoms with van der Waals surface area (Å²) >= 11 is 0. The van der Waals surface area contributed by atoms with Gasteiger partial charge in [-0.2, -0.15) is 0 Å². The van der Waals surface area contributed by atoms with Crippen molar-refractivity contribution in [1.29, 1.82) is 0 Å². The number of methoxy groups -OCH3 is 1. The van der Waals surface area contributed by atoms with E-state index in [1.54, 1.807) is 7.11 Å². The zero-order chi connectivity index (χ0) is 14.1. The van der Waals surface area contributed by atoms with E-state index in [1.165, 1.54) is 0 Å². The van der Waals surface area contributed by atoms with Crippen LogP contribution in [0.25, 0.3) is 0 Å². The summed E-state index contributed by atoms with van der Waals surface area (Å²) in [6, 6.07) is 4.00. The lowest BCUT2D eigenvalue weighted by Crippen LogP contribution is -2.47. The van der Waals surface area contributed by atoms with Gasteiger partial charge in [0.05, 0.1) is 11.6 Å². The Morgan fingerprint density at radius 3 is 2.32 bits per heavy atom. The minimum Gasteiger partial charge on any atom is -0.376 e. The van der Waals surface area contributed by atoms with Crippen molar-refractivity contribution in [1.82, 2.24) is 4.98 Å². The summed E-state index contributed by atoms with van der Waals surface area (Å²) in [6.07, 6.45) is 6.25. The van der Waals surface area contributed by atoms with Gasteiger partial charge in [0.25, 0.3) is 0 Å². The standard InChI is InChI=1S/C16H26N2O/c1-12-5-6-13(11-18-12)14(17)16(19-4)9-7-15(2,3)8-10-16/h5-6,11,14H,7-10,17H2,1-4H3. The van der Waals surface area contributed by atoms with Gasteiger partial charge < -0.3 is 10.5 Å². The number of nitrogens with two attached hydrogens (primary N) is 1. The molecule has 0 saturated heterocycles. The predicted molar refractivity (Wildman–Crippen MR) is 77.9 cm³/mol. The highest BCUT2D eigenvalue weighted by molar-refractivity contribution is 5.21. The first-order valence-corrected chi connectivity index (χ1v) is 7.12. The Kier molecular flexibility index (Phi) is 3.98. The molecule has 1 aliphatic carbocycles. The monoisotopic (exact) mass is 262 g/mol. The number of hydrogen-bond donors (Lipinski definition) is 1. The third kappa shape index (κ3) is 2.98. The number of hydrogen-bond acceptors (Lipinski definition) is 3. The number of aryl methyl sites for hydroxylation is 1. The maximum absolute atomic E-state index is 6.49. The maximum atomic E-state index is 6.49. The Morgan fingerprint density at radius 1 is 1.21 bits per heavy atom. The minimum absolute atomic E-state index is 0.0956. The summed E-state index contributed by atoms with van der Waals surface area (Å²) in [5.41, 5.74) is 8.77. The van der Waals surface area contributed by atoms with Crippen molar-refractivity contribution in [3.8, 4) is 0 Å². The molecule has 1 fully saturated rings. The van der Waals surface area contributed by atoms with Gasteiger partial charge in [-0.05, 0) is 49.7 Å². The summed E-state index contributed by atoms with van der Waals surface area (Å²) in [4.78, 5) is 4.35. The molecule has 106 valence electrons. The van der Waals surface area contributed by atoms with Gasteiger partial charge in [-0.25, -0.2) is 0 Å². The second-order valence-electron chi connectivity index (χ2n) is 6.64. The Bertz CT molecular complexity index is 415. The Morgan fingerprint density at radius 2 is 1.84 bits per heavy atom. The molecule has 1 aromatic heterocycles. The fourth-order valence-corrected chi connectivity index (χ4v) is 2.96. The summed E-state index contributed by atoms with van der Waals surface area (Å²) in [6.45, 7) is 6.64. The highest BCUT2D eigenvalue weighted by Crippen LogP contribution is 2.46. The molecule has 3 nitrogen and oxygen atoms in total. The zero-order valence-corrected chi connectivity index (χ0v) is 12.6. The fraction of sp³-hybridized carbons (Fsp3) is 0.688. The molecule has 1 saturated carbocycles. The second kappa shape index (κ2) is 5.22. The van der Waals surface area contributed by atoms with Crippen LogP contribution >= 0.6 is 0 Å². The summed E-state index contributed by atoms with van der Waals surface area (Å²) < 4.78 is 5.87. The van der Waals surface area contributed by atoms with Crippen molar-refractivity contribution in [3.63, 3.8) is 0 Å². The van der Waals surface area contributed by atoms with E-state index in [2.05, 4.69) is 24.9 Å². The molecule has 2 N–H and O–H groups in total. The van der Waals surface area contributed by atoms with E-state index in [-0.39, 0.29) is 11.6 Å². The molecule has 19 heavy (non-hydrogen) atoms. The first kappa shape index (κ1) is 14.5. The van der Waals surface area contributed by atoms with Crippen LogP contribution in [0, 0.1) is 12.3 Å². The lowest BCUT2D eigenvalue weighted by atomic mass is 9.67. The molecule has 1 unspecified atom stereocenters. The Hall–Kier alpha value is -0.930. The van der Waals surface area contributed by atoms with Crippen LogP contribution < -0.4 is 5.73 Å². The molecule has 3 heteroatoms. The van der Waals surface area contributed by atoms with Crippen molar-refractivity contribution in [3.05, 3.63) is 29.6 Å². The van der Waals surface area contributed by atoms with Crippen LogP contribution in [-0.2, 0) is 4.74 Å². The molecular formula is C16H26N2O. The van der Waals surface area contributed by atoms with Gasteiger partial charge in [-0.15, -0.1) is 0 Å². The van der Waals surface area contributed by atoms with Gasteiger partial charge in [0.2, 0.25) is 0 Å². The largest absolute Gasteiger partial charge is 0.376 e. The van der Waals surface area contributed by atoms with Crippen molar-refractivity contribution >= 4 is 0 Å². The van der Waals surface area contributed by atoms with Gasteiger partial charge in [0, 0.05) is 19.0 Å². The third-order valence-electron chi connectivity index (χ3n) is 4.72. The molecule has 1 heterocycles. The molecule has 0 aliphatic heterocycles. The fourth-order valence-electron chi connectivity index (χ4n) is 2.96. The van der Waals surface area contributed by atoms with Gasteiger partial charge in [-0.3, -0.25) is 4.98 Å². The van der Waals surface area contributed by atoms with E-state index in [4.69, 9.17) is 10.5 Å². The van der Waals surface area contributed by atoms with Gasteiger partial charge in [-0.1, -0.05) is 19.9 Å². The van der Waals surface area contributed by atoms with E-state index < -0.39 is 0 Å². The van der Waals surface area contributed by atoms with E-state index in [1.807, 2.05) is 19.2 Å². The van der Waals surface area contributed by atoms with Crippen molar-refractivity contribution < 1.29 is 4.74 Å². The zero-order valence-electron chi connectivity index (χ0n) is 12.6. The van der Waals surface area contributed by atoms with E-state index in [9.17, 15) is 0 Å². The smallest absolute Gasteiger partial charge is 0.0871 e. The van der Waals surface area contributed by atoms with Crippen molar-refractivity contribution in [2.75, 3.05) is 7.11 Å². The van der Waals surface area contributed by atoms with Crippen molar-refractivity contribution in [2.24, 2.45) is 11.1 Å². The van der Waals surface area contributed by atoms with Crippen LogP contribution in [0.5, 0.6) is 0 Å². The number of pyridine rings is 1. The molecule has 0 bridgehead atoms. The Labute approximate surface area is 116 Å². The average Bonchev–Trinajstić information content (AvgIpc) is 2.40. The highest BCUT2D eigenvalue weighted by atomic mass is 16.5. The second-order valence-corrected chi connectivity index (χ2v) is 6.64. The summed E-state index contributed by atoms with van der Waals surface area (Å²) in [5, 5.41) is 0. The highest BCUT2D eigenvalue weighted by Gasteiger charge is 2.43. The number of aromatic nitrogens is 1. The summed E-state index contributed by atoms with van der Waals surface area (Å²) in [7, 11) is 1.79. The molecule has 0 radical (unpaired) electrons. The lowest BCUT2D eigenvalue weighted by Gasteiger charge is -2.45. The van der Waals surface area contributed by atoms with Crippen LogP contribution in [0.4, 0.5) is 0 Å². The van der Waals surface area contributed by atoms with Crippen LogP contribution in [0.1, 0.15) is 56.8 Å². The van der Waals surface area contributed by atoms with E-state index in [0.717, 1.165) is 36.9 Å².